The predicted molar refractivity (Wildman–Crippen MR) is 91.9 cm³/mol. The van der Waals surface area contributed by atoms with Crippen molar-refractivity contribution in [3.63, 3.8) is 0 Å². The fourth-order valence-corrected chi connectivity index (χ4v) is 3.17. The highest BCUT2D eigenvalue weighted by Gasteiger charge is 2.37. The van der Waals surface area contributed by atoms with Crippen LogP contribution in [0, 0.1) is 13.8 Å². The van der Waals surface area contributed by atoms with Crippen molar-refractivity contribution < 1.29 is 4.74 Å². The normalized spacial score (nSPS) is 13.4. The number of aryl methyl sites for hydroxylation is 2. The molecule has 0 saturated heterocycles. The molecule has 0 bridgehead atoms. The van der Waals surface area contributed by atoms with Crippen LogP contribution in [0.15, 0.2) is 18.2 Å². The Kier molecular flexibility index (Phi) is 7.41. The van der Waals surface area contributed by atoms with Crippen LogP contribution >= 0.6 is 0 Å². The van der Waals surface area contributed by atoms with Gasteiger partial charge >= 0.3 is 0 Å². The van der Waals surface area contributed by atoms with Crippen molar-refractivity contribution in [2.45, 2.75) is 72.4 Å². The molecule has 120 valence electrons. The molecule has 1 N–H and O–H groups in total. The summed E-state index contributed by atoms with van der Waals surface area (Å²) in [6.45, 7) is 14.9. The summed E-state index contributed by atoms with van der Waals surface area (Å²) in [5.41, 5.74) is 3.93. The van der Waals surface area contributed by atoms with Gasteiger partial charge in [-0.05, 0) is 57.7 Å². The summed E-state index contributed by atoms with van der Waals surface area (Å²) in [6, 6.07) is 7.00. The Morgan fingerprint density at radius 3 is 2.29 bits per heavy atom. The van der Waals surface area contributed by atoms with Gasteiger partial charge in [0.2, 0.25) is 0 Å². The van der Waals surface area contributed by atoms with Crippen LogP contribution in [0.25, 0.3) is 0 Å². The molecular weight excluding hydrogens is 258 g/mol. The SMILES string of the molecule is CCCNC(c1cc(C)ccc1C)C(CC)(CC)OCC. The van der Waals surface area contributed by atoms with Crippen LogP contribution < -0.4 is 5.32 Å². The monoisotopic (exact) mass is 291 g/mol. The number of nitrogens with one attached hydrogen (secondary N) is 1. The van der Waals surface area contributed by atoms with Gasteiger partial charge in [0, 0.05) is 6.61 Å². The van der Waals surface area contributed by atoms with E-state index < -0.39 is 0 Å². The number of benzene rings is 1. The van der Waals surface area contributed by atoms with Gasteiger partial charge in [-0.3, -0.25) is 0 Å². The first kappa shape index (κ1) is 18.2. The zero-order valence-corrected chi connectivity index (χ0v) is 14.8. The Labute approximate surface area is 131 Å². The largest absolute Gasteiger partial charge is 0.373 e. The van der Waals surface area contributed by atoms with Gasteiger partial charge in [0.25, 0.3) is 0 Å². The van der Waals surface area contributed by atoms with E-state index in [0.29, 0.717) is 0 Å². The molecule has 1 aromatic carbocycles. The average molecular weight is 291 g/mol. The molecule has 0 spiro atoms. The Morgan fingerprint density at radius 2 is 1.76 bits per heavy atom. The zero-order valence-electron chi connectivity index (χ0n) is 14.8. The quantitative estimate of drug-likeness (QED) is 0.696. The second-order valence-electron chi connectivity index (χ2n) is 5.95. The highest BCUT2D eigenvalue weighted by atomic mass is 16.5. The van der Waals surface area contributed by atoms with E-state index in [-0.39, 0.29) is 11.6 Å². The van der Waals surface area contributed by atoms with E-state index in [9.17, 15) is 0 Å². The summed E-state index contributed by atoms with van der Waals surface area (Å²) in [4.78, 5) is 0. The molecule has 0 aliphatic heterocycles. The molecule has 1 atom stereocenters. The lowest BCUT2D eigenvalue weighted by Crippen LogP contribution is -2.46. The van der Waals surface area contributed by atoms with E-state index in [1.807, 2.05) is 0 Å². The second kappa shape index (κ2) is 8.55. The minimum absolute atomic E-state index is 0.123. The number of ether oxygens (including phenoxy) is 1. The van der Waals surface area contributed by atoms with Gasteiger partial charge in [0.05, 0.1) is 11.6 Å². The lowest BCUT2D eigenvalue weighted by molar-refractivity contribution is -0.0734. The van der Waals surface area contributed by atoms with Crippen molar-refractivity contribution in [2.24, 2.45) is 0 Å². The molecule has 0 radical (unpaired) electrons. The minimum Gasteiger partial charge on any atom is -0.373 e. The molecular formula is C19H33NO. The third-order valence-corrected chi connectivity index (χ3v) is 4.50. The standard InChI is InChI=1S/C19H33NO/c1-7-13-20-18(19(8-2,9-3)21-10-4)17-14-15(5)11-12-16(17)6/h11-12,14,18,20H,7-10,13H2,1-6H3. The molecule has 1 aromatic rings. The Morgan fingerprint density at radius 1 is 1.10 bits per heavy atom. The molecule has 0 aromatic heterocycles. The van der Waals surface area contributed by atoms with E-state index in [0.717, 1.165) is 32.4 Å². The molecule has 2 nitrogen and oxygen atoms in total. The van der Waals surface area contributed by atoms with Crippen LogP contribution in [-0.2, 0) is 4.74 Å². The number of rotatable bonds is 9. The van der Waals surface area contributed by atoms with Gasteiger partial charge in [-0.25, -0.2) is 0 Å². The summed E-state index contributed by atoms with van der Waals surface area (Å²) in [5.74, 6) is 0. The Bertz CT molecular complexity index is 424. The third kappa shape index (κ3) is 4.31. The summed E-state index contributed by atoms with van der Waals surface area (Å²) in [5, 5.41) is 3.76. The molecule has 0 aliphatic rings. The molecule has 2 heteroatoms. The van der Waals surface area contributed by atoms with Gasteiger partial charge in [-0.1, -0.05) is 44.5 Å². The lowest BCUT2D eigenvalue weighted by Gasteiger charge is -2.41. The fourth-order valence-electron chi connectivity index (χ4n) is 3.17. The molecule has 1 unspecified atom stereocenters. The molecule has 21 heavy (non-hydrogen) atoms. The maximum absolute atomic E-state index is 6.27. The van der Waals surface area contributed by atoms with Gasteiger partial charge in [0.15, 0.2) is 0 Å². The molecule has 0 saturated carbocycles. The first-order chi connectivity index (χ1) is 10.0. The first-order valence-corrected chi connectivity index (χ1v) is 8.49. The van der Waals surface area contributed by atoms with Crippen molar-refractivity contribution >= 4 is 0 Å². The van der Waals surface area contributed by atoms with Crippen LogP contribution in [0.4, 0.5) is 0 Å². The summed E-state index contributed by atoms with van der Waals surface area (Å²) >= 11 is 0. The highest BCUT2D eigenvalue weighted by Crippen LogP contribution is 2.37. The molecule has 0 heterocycles. The van der Waals surface area contributed by atoms with Crippen molar-refractivity contribution in [3.05, 3.63) is 34.9 Å². The van der Waals surface area contributed by atoms with Crippen molar-refractivity contribution in [1.29, 1.82) is 0 Å². The van der Waals surface area contributed by atoms with Crippen molar-refractivity contribution in [2.75, 3.05) is 13.2 Å². The molecule has 1 rings (SSSR count). The van der Waals surface area contributed by atoms with Crippen LogP contribution in [-0.4, -0.2) is 18.8 Å². The van der Waals surface area contributed by atoms with Crippen LogP contribution in [0.1, 0.15) is 69.7 Å². The van der Waals surface area contributed by atoms with Crippen LogP contribution in [0.5, 0.6) is 0 Å². The lowest BCUT2D eigenvalue weighted by atomic mass is 9.81. The van der Waals surface area contributed by atoms with Crippen LogP contribution in [0.3, 0.4) is 0 Å². The third-order valence-electron chi connectivity index (χ3n) is 4.50. The highest BCUT2D eigenvalue weighted by molar-refractivity contribution is 5.35. The van der Waals surface area contributed by atoms with Gasteiger partial charge in [-0.15, -0.1) is 0 Å². The minimum atomic E-state index is -0.123. The van der Waals surface area contributed by atoms with E-state index in [4.69, 9.17) is 4.74 Å². The topological polar surface area (TPSA) is 21.3 Å². The van der Waals surface area contributed by atoms with Gasteiger partial charge in [-0.2, -0.15) is 0 Å². The number of hydrogen-bond donors (Lipinski definition) is 1. The molecule has 0 fully saturated rings. The van der Waals surface area contributed by atoms with Gasteiger partial charge < -0.3 is 10.1 Å². The second-order valence-corrected chi connectivity index (χ2v) is 5.95. The zero-order chi connectivity index (χ0) is 15.9. The predicted octanol–water partition coefficient (Wildman–Crippen LogP) is 4.94. The summed E-state index contributed by atoms with van der Waals surface area (Å²) in [6.07, 6.45) is 3.18. The van der Waals surface area contributed by atoms with Crippen molar-refractivity contribution in [1.82, 2.24) is 5.32 Å². The van der Waals surface area contributed by atoms with Crippen molar-refractivity contribution in [3.8, 4) is 0 Å². The van der Waals surface area contributed by atoms with E-state index in [1.54, 1.807) is 0 Å². The number of hydrogen-bond acceptors (Lipinski definition) is 2. The molecule has 0 amide bonds. The smallest absolute Gasteiger partial charge is 0.0871 e. The van der Waals surface area contributed by atoms with E-state index in [2.05, 4.69) is 65.1 Å². The maximum atomic E-state index is 6.27. The average Bonchev–Trinajstić information content (AvgIpc) is 2.49. The fraction of sp³-hybridized carbons (Fsp3) is 0.684. The van der Waals surface area contributed by atoms with E-state index in [1.165, 1.54) is 16.7 Å². The van der Waals surface area contributed by atoms with Gasteiger partial charge in [0.1, 0.15) is 0 Å². The van der Waals surface area contributed by atoms with Crippen LogP contribution in [0.2, 0.25) is 0 Å². The first-order valence-electron chi connectivity index (χ1n) is 8.49. The molecule has 0 aliphatic carbocycles. The van der Waals surface area contributed by atoms with E-state index >= 15 is 0 Å². The Hall–Kier alpha value is -0.860. The summed E-state index contributed by atoms with van der Waals surface area (Å²) in [7, 11) is 0. The summed E-state index contributed by atoms with van der Waals surface area (Å²) < 4.78 is 6.27. The maximum Gasteiger partial charge on any atom is 0.0871 e. The Balaban J connectivity index is 3.28.